The molecule has 1 unspecified atom stereocenters. The number of carbonyl (C=O) groups is 2. The maximum Gasteiger partial charge on any atom is 0.316 e. The number of nitrogens with one attached hydrogen (secondary N) is 2. The molecule has 2 fully saturated rings. The zero-order valence-corrected chi connectivity index (χ0v) is 7.58. The molecular weight excluding hydrogens is 186 g/mol. The topological polar surface area (TPSA) is 79.8 Å². The molecule has 0 spiro atoms. The van der Waals surface area contributed by atoms with E-state index < -0.39 is 11.8 Å². The Morgan fingerprint density at radius 1 is 1.36 bits per heavy atom. The molecule has 2 aliphatic heterocycles. The van der Waals surface area contributed by atoms with Crippen molar-refractivity contribution in [3.8, 4) is 0 Å². The Bertz CT molecular complexity index is 276. The largest absolute Gasteiger partial charge is 0.376 e. The SMILES string of the molecule is O=C1NC(=NCC2CCCO2)NC1=O. The molecule has 2 heterocycles. The third-order valence-electron chi connectivity index (χ3n) is 2.15. The van der Waals surface area contributed by atoms with E-state index in [1.807, 2.05) is 0 Å². The van der Waals surface area contributed by atoms with Crippen molar-refractivity contribution in [2.75, 3.05) is 13.2 Å². The van der Waals surface area contributed by atoms with Crippen LogP contribution in [0.5, 0.6) is 0 Å². The molecular formula is C8H11N3O3. The van der Waals surface area contributed by atoms with Crippen molar-refractivity contribution < 1.29 is 14.3 Å². The van der Waals surface area contributed by atoms with Crippen molar-refractivity contribution in [2.45, 2.75) is 18.9 Å². The third-order valence-corrected chi connectivity index (χ3v) is 2.15. The van der Waals surface area contributed by atoms with Crippen LogP contribution in [0.25, 0.3) is 0 Å². The van der Waals surface area contributed by atoms with E-state index >= 15 is 0 Å². The van der Waals surface area contributed by atoms with Gasteiger partial charge < -0.3 is 4.74 Å². The Hall–Kier alpha value is -1.43. The van der Waals surface area contributed by atoms with Gasteiger partial charge in [0.1, 0.15) is 0 Å². The highest BCUT2D eigenvalue weighted by Gasteiger charge is 2.25. The van der Waals surface area contributed by atoms with E-state index in [2.05, 4.69) is 15.6 Å². The summed E-state index contributed by atoms with van der Waals surface area (Å²) in [5, 5.41) is 4.64. The van der Waals surface area contributed by atoms with Gasteiger partial charge in [0.05, 0.1) is 12.6 Å². The first-order valence-corrected chi connectivity index (χ1v) is 4.54. The fourth-order valence-corrected chi connectivity index (χ4v) is 1.42. The van der Waals surface area contributed by atoms with Crippen molar-refractivity contribution in [3.63, 3.8) is 0 Å². The molecule has 0 aromatic rings. The second-order valence-corrected chi connectivity index (χ2v) is 3.23. The average Bonchev–Trinajstić information content (AvgIpc) is 2.74. The molecule has 2 saturated heterocycles. The fraction of sp³-hybridized carbons (Fsp3) is 0.625. The summed E-state index contributed by atoms with van der Waals surface area (Å²) in [6.45, 7) is 1.25. The minimum absolute atomic E-state index is 0.122. The lowest BCUT2D eigenvalue weighted by Crippen LogP contribution is -2.27. The van der Waals surface area contributed by atoms with Crippen LogP contribution in [0.1, 0.15) is 12.8 Å². The standard InChI is InChI=1S/C8H11N3O3/c12-6-7(13)11-8(10-6)9-4-5-2-1-3-14-5/h5H,1-4H2,(H2,9,10,11,12,13). The lowest BCUT2D eigenvalue weighted by Gasteiger charge is -2.04. The van der Waals surface area contributed by atoms with Gasteiger partial charge in [0.2, 0.25) is 5.96 Å². The molecule has 2 N–H and O–H groups in total. The molecule has 0 bridgehead atoms. The lowest BCUT2D eigenvalue weighted by atomic mass is 10.2. The van der Waals surface area contributed by atoms with Crippen LogP contribution < -0.4 is 10.6 Å². The van der Waals surface area contributed by atoms with E-state index in [1.165, 1.54) is 0 Å². The van der Waals surface area contributed by atoms with E-state index in [1.54, 1.807) is 0 Å². The van der Waals surface area contributed by atoms with Gasteiger partial charge in [0, 0.05) is 6.61 Å². The predicted molar refractivity (Wildman–Crippen MR) is 47.6 cm³/mol. The van der Waals surface area contributed by atoms with Crippen molar-refractivity contribution in [2.24, 2.45) is 4.99 Å². The van der Waals surface area contributed by atoms with Gasteiger partial charge in [-0.25, -0.2) is 4.99 Å². The molecule has 6 nitrogen and oxygen atoms in total. The summed E-state index contributed by atoms with van der Waals surface area (Å²) in [7, 11) is 0. The first kappa shape index (κ1) is 9.14. The van der Waals surface area contributed by atoms with Crippen molar-refractivity contribution in [1.29, 1.82) is 0 Å². The number of ether oxygens (including phenoxy) is 1. The smallest absolute Gasteiger partial charge is 0.316 e. The normalized spacial score (nSPS) is 26.3. The van der Waals surface area contributed by atoms with Crippen LogP contribution in [0.4, 0.5) is 0 Å². The van der Waals surface area contributed by atoms with Gasteiger partial charge in [-0.2, -0.15) is 0 Å². The highest BCUT2D eigenvalue weighted by Crippen LogP contribution is 2.11. The van der Waals surface area contributed by atoms with Gasteiger partial charge in [0.15, 0.2) is 0 Å². The molecule has 6 heteroatoms. The molecule has 0 aromatic carbocycles. The molecule has 2 amide bonds. The average molecular weight is 197 g/mol. The van der Waals surface area contributed by atoms with Crippen LogP contribution in [0.2, 0.25) is 0 Å². The number of carbonyl (C=O) groups excluding carboxylic acids is 2. The van der Waals surface area contributed by atoms with E-state index in [9.17, 15) is 9.59 Å². The van der Waals surface area contributed by atoms with E-state index in [4.69, 9.17) is 4.74 Å². The van der Waals surface area contributed by atoms with Crippen LogP contribution in [-0.4, -0.2) is 37.0 Å². The monoisotopic (exact) mass is 197 g/mol. The molecule has 0 aliphatic carbocycles. The number of amides is 2. The number of guanidine groups is 1. The minimum Gasteiger partial charge on any atom is -0.376 e. The van der Waals surface area contributed by atoms with Crippen molar-refractivity contribution in [3.05, 3.63) is 0 Å². The van der Waals surface area contributed by atoms with Crippen molar-refractivity contribution in [1.82, 2.24) is 10.6 Å². The van der Waals surface area contributed by atoms with E-state index in [-0.39, 0.29) is 12.1 Å². The Morgan fingerprint density at radius 2 is 2.07 bits per heavy atom. The summed E-state index contributed by atoms with van der Waals surface area (Å²) in [5.41, 5.74) is 0. The van der Waals surface area contributed by atoms with Crippen molar-refractivity contribution >= 4 is 17.8 Å². The quantitative estimate of drug-likeness (QED) is 0.544. The molecule has 2 rings (SSSR count). The molecule has 2 aliphatic rings. The number of rotatable bonds is 2. The second-order valence-electron chi connectivity index (χ2n) is 3.23. The Kier molecular flexibility index (Phi) is 2.45. The summed E-state index contributed by atoms with van der Waals surface area (Å²) < 4.78 is 5.33. The molecule has 76 valence electrons. The zero-order chi connectivity index (χ0) is 9.97. The molecule has 14 heavy (non-hydrogen) atoms. The van der Waals surface area contributed by atoms with Gasteiger partial charge in [-0.15, -0.1) is 0 Å². The van der Waals surface area contributed by atoms with Crippen LogP contribution in [0.3, 0.4) is 0 Å². The number of hydrogen-bond acceptors (Lipinski definition) is 4. The summed E-state index contributed by atoms with van der Waals surface area (Å²) in [6.07, 6.45) is 2.16. The number of hydrogen-bond donors (Lipinski definition) is 2. The van der Waals surface area contributed by atoms with Gasteiger partial charge >= 0.3 is 11.8 Å². The van der Waals surface area contributed by atoms with Gasteiger partial charge in [-0.3, -0.25) is 20.2 Å². The summed E-state index contributed by atoms with van der Waals surface area (Å²) in [5.74, 6) is -1.08. The maximum absolute atomic E-state index is 10.7. The number of nitrogens with zero attached hydrogens (tertiary/aromatic N) is 1. The molecule has 0 saturated carbocycles. The maximum atomic E-state index is 10.7. The highest BCUT2D eigenvalue weighted by molar-refractivity contribution is 6.45. The van der Waals surface area contributed by atoms with E-state index in [0.717, 1.165) is 19.4 Å². The molecule has 1 atom stereocenters. The van der Waals surface area contributed by atoms with Gasteiger partial charge in [0.25, 0.3) is 0 Å². The molecule has 0 radical (unpaired) electrons. The Morgan fingerprint density at radius 3 is 2.64 bits per heavy atom. The lowest BCUT2D eigenvalue weighted by molar-refractivity contribution is -0.135. The Labute approximate surface area is 80.7 Å². The number of aliphatic imine (C=N–C) groups is 1. The van der Waals surface area contributed by atoms with Gasteiger partial charge in [-0.1, -0.05) is 0 Å². The summed E-state index contributed by atoms with van der Waals surface area (Å²) >= 11 is 0. The summed E-state index contributed by atoms with van der Waals surface area (Å²) in [4.78, 5) is 25.5. The predicted octanol–water partition coefficient (Wildman–Crippen LogP) is -1.23. The highest BCUT2D eigenvalue weighted by atomic mass is 16.5. The zero-order valence-electron chi connectivity index (χ0n) is 7.58. The van der Waals surface area contributed by atoms with Crippen LogP contribution in [0, 0.1) is 0 Å². The second kappa shape index (κ2) is 3.75. The van der Waals surface area contributed by atoms with Crippen LogP contribution >= 0.6 is 0 Å². The Balaban J connectivity index is 1.86. The fourth-order valence-electron chi connectivity index (χ4n) is 1.42. The third kappa shape index (κ3) is 1.90. The first-order chi connectivity index (χ1) is 6.75. The van der Waals surface area contributed by atoms with Crippen LogP contribution in [-0.2, 0) is 14.3 Å². The summed E-state index contributed by atoms with van der Waals surface area (Å²) in [6, 6.07) is 0. The van der Waals surface area contributed by atoms with Gasteiger partial charge in [-0.05, 0) is 12.8 Å². The van der Waals surface area contributed by atoms with E-state index in [0.29, 0.717) is 6.54 Å². The minimum atomic E-state index is -0.656. The first-order valence-electron chi connectivity index (χ1n) is 4.54. The molecule has 0 aromatic heterocycles. The van der Waals surface area contributed by atoms with Crippen LogP contribution in [0.15, 0.2) is 4.99 Å².